The summed E-state index contributed by atoms with van der Waals surface area (Å²) in [5.41, 5.74) is 1.13. The van der Waals surface area contributed by atoms with Crippen LogP contribution in [-0.4, -0.2) is 59.4 Å². The molecule has 2 unspecified atom stereocenters. The van der Waals surface area contributed by atoms with Crippen molar-refractivity contribution in [3.05, 3.63) is 37.1 Å². The van der Waals surface area contributed by atoms with Crippen molar-refractivity contribution < 1.29 is 14.2 Å². The van der Waals surface area contributed by atoms with Crippen molar-refractivity contribution in [2.75, 3.05) is 0 Å². The molecule has 2 N–H and O–H groups in total. The lowest BCUT2D eigenvalue weighted by atomic mass is 10.0. The van der Waals surface area contributed by atoms with Gasteiger partial charge in [0, 0.05) is 24.6 Å². The van der Waals surface area contributed by atoms with E-state index < -0.39 is 12.3 Å². The number of ether oxygens (including phenoxy) is 1. The molecule has 4 atom stereocenters. The quantitative estimate of drug-likeness (QED) is 0.696. The van der Waals surface area contributed by atoms with Gasteiger partial charge in [-0.1, -0.05) is 0 Å². The number of aromatic hydroxyl groups is 1. The average Bonchev–Trinajstić information content (AvgIpc) is 3.37. The Morgan fingerprint density at radius 1 is 1.18 bits per heavy atom. The second-order valence-electron chi connectivity index (χ2n) is 7.07. The van der Waals surface area contributed by atoms with Crippen molar-refractivity contribution in [3.63, 3.8) is 0 Å². The lowest BCUT2D eigenvalue weighted by molar-refractivity contribution is 0.0418. The first-order valence-corrected chi connectivity index (χ1v) is 9.12. The van der Waals surface area contributed by atoms with Crippen molar-refractivity contribution in [1.29, 1.82) is 0 Å². The van der Waals surface area contributed by atoms with Crippen molar-refractivity contribution in [2.24, 2.45) is 0 Å². The van der Waals surface area contributed by atoms with Crippen molar-refractivity contribution >= 4 is 0 Å². The summed E-state index contributed by atoms with van der Waals surface area (Å²) in [6.07, 6.45) is 5.26. The lowest BCUT2D eigenvalue weighted by Gasteiger charge is -2.32. The molecule has 2 fully saturated rings. The highest BCUT2D eigenvalue weighted by Crippen LogP contribution is 2.32. The number of hydrogen-bond donors (Lipinski definition) is 2. The normalized spacial score (nSPS) is 26.3. The second-order valence-corrected chi connectivity index (χ2v) is 7.07. The third kappa shape index (κ3) is 3.05. The van der Waals surface area contributed by atoms with E-state index in [0.29, 0.717) is 23.7 Å². The van der Waals surface area contributed by atoms with Gasteiger partial charge in [-0.3, -0.25) is 4.57 Å². The number of phenols is 1. The van der Waals surface area contributed by atoms with Gasteiger partial charge in [0.2, 0.25) is 0 Å². The van der Waals surface area contributed by atoms with Crippen LogP contribution < -0.4 is 10.1 Å². The molecule has 0 radical (unpaired) electrons. The maximum atomic E-state index is 14.5. The summed E-state index contributed by atoms with van der Waals surface area (Å²) in [4.78, 5) is 4.22. The molecule has 2 bridgehead atoms. The average molecular weight is 383 g/mol. The molecule has 2 saturated heterocycles. The number of hydrogen-bond acceptors (Lipinski definition) is 8. The van der Waals surface area contributed by atoms with Crippen LogP contribution in [0, 0.1) is 0 Å². The molecule has 0 spiro atoms. The molecule has 28 heavy (non-hydrogen) atoms. The molecule has 2 aliphatic rings. The van der Waals surface area contributed by atoms with Crippen LogP contribution in [0.15, 0.2) is 37.1 Å². The fourth-order valence-electron chi connectivity index (χ4n) is 3.87. The molecule has 3 aromatic rings. The summed E-state index contributed by atoms with van der Waals surface area (Å²) in [7, 11) is 0. The van der Waals surface area contributed by atoms with E-state index in [-0.39, 0.29) is 23.5 Å². The highest BCUT2D eigenvalue weighted by atomic mass is 19.1. The zero-order chi connectivity index (χ0) is 19.1. The minimum atomic E-state index is -1.07. The van der Waals surface area contributed by atoms with Gasteiger partial charge >= 0.3 is 0 Å². The van der Waals surface area contributed by atoms with E-state index >= 15 is 0 Å². The van der Waals surface area contributed by atoms with E-state index in [4.69, 9.17) is 4.74 Å². The van der Waals surface area contributed by atoms with Crippen LogP contribution in [0.5, 0.6) is 11.6 Å². The van der Waals surface area contributed by atoms with Crippen molar-refractivity contribution in [3.8, 4) is 28.7 Å². The maximum Gasteiger partial charge on any atom is 0.252 e. The van der Waals surface area contributed by atoms with Gasteiger partial charge in [0.1, 0.15) is 24.5 Å². The summed E-state index contributed by atoms with van der Waals surface area (Å²) in [5.74, 6) is 0.432. The Balaban J connectivity index is 1.32. The van der Waals surface area contributed by atoms with E-state index in [9.17, 15) is 9.50 Å². The van der Waals surface area contributed by atoms with Gasteiger partial charge in [-0.2, -0.15) is 0 Å². The molecule has 1 aromatic carbocycles. The SMILES string of the molecule is Oc1cc(-n2cnnc2)ccc1-c1ncc(O[C@H]2CC3CCC(N3)[C@H]2F)nn1. The fourth-order valence-corrected chi connectivity index (χ4v) is 3.87. The molecule has 2 aromatic heterocycles. The van der Waals surface area contributed by atoms with Gasteiger partial charge in [0.15, 0.2) is 12.0 Å². The third-order valence-corrected chi connectivity index (χ3v) is 5.28. The topological polar surface area (TPSA) is 111 Å². The minimum Gasteiger partial charge on any atom is -0.507 e. The van der Waals surface area contributed by atoms with Crippen LogP contribution in [0.2, 0.25) is 0 Å². The summed E-state index contributed by atoms with van der Waals surface area (Å²) in [6.45, 7) is 0. The predicted octanol–water partition coefficient (Wildman–Crippen LogP) is 1.43. The second kappa shape index (κ2) is 6.79. The zero-order valence-corrected chi connectivity index (χ0v) is 14.8. The number of piperidine rings is 1. The standard InChI is InChI=1S/C18H18FN7O2/c19-17-13-4-1-10(23-13)5-15(17)28-16-7-20-18(25-24-16)12-3-2-11(6-14(12)27)26-8-21-22-9-26/h2-3,6-10,13,15,17,23,27H,1,4-5H2/t10?,13?,15-,17+/m0/s1. The molecule has 2 aliphatic heterocycles. The molecule has 0 saturated carbocycles. The Hall–Kier alpha value is -3.14. The predicted molar refractivity (Wildman–Crippen MR) is 95.7 cm³/mol. The molecule has 0 amide bonds. The maximum absolute atomic E-state index is 14.5. The summed E-state index contributed by atoms with van der Waals surface area (Å²) < 4.78 is 21.8. The van der Waals surface area contributed by atoms with E-state index in [2.05, 4.69) is 30.7 Å². The van der Waals surface area contributed by atoms with Gasteiger partial charge in [-0.25, -0.2) is 9.37 Å². The largest absolute Gasteiger partial charge is 0.507 e. The lowest BCUT2D eigenvalue weighted by Crippen LogP contribution is -2.51. The number of fused-ring (bicyclic) bond motifs is 2. The molecule has 5 rings (SSSR count). The highest BCUT2D eigenvalue weighted by molar-refractivity contribution is 5.65. The Bertz CT molecular complexity index is 967. The number of rotatable bonds is 4. The highest BCUT2D eigenvalue weighted by Gasteiger charge is 2.43. The van der Waals surface area contributed by atoms with Crippen LogP contribution in [0.25, 0.3) is 17.1 Å². The Labute approximate surface area is 159 Å². The van der Waals surface area contributed by atoms with Gasteiger partial charge in [0.25, 0.3) is 5.88 Å². The van der Waals surface area contributed by atoms with E-state index in [0.717, 1.165) is 12.8 Å². The third-order valence-electron chi connectivity index (χ3n) is 5.28. The zero-order valence-electron chi connectivity index (χ0n) is 14.8. The first kappa shape index (κ1) is 17.0. The molecule has 4 heterocycles. The monoisotopic (exact) mass is 383 g/mol. The van der Waals surface area contributed by atoms with Crippen molar-refractivity contribution in [2.45, 2.75) is 43.6 Å². The van der Waals surface area contributed by atoms with Crippen LogP contribution in [0.1, 0.15) is 19.3 Å². The minimum absolute atomic E-state index is 0.000390. The van der Waals surface area contributed by atoms with Gasteiger partial charge in [-0.15, -0.1) is 20.4 Å². The molecule has 10 heteroatoms. The Morgan fingerprint density at radius 2 is 2.04 bits per heavy atom. The van der Waals surface area contributed by atoms with Crippen LogP contribution in [0.4, 0.5) is 4.39 Å². The molecule has 9 nitrogen and oxygen atoms in total. The Kier molecular flexibility index (Phi) is 4.12. The number of phenolic OH excluding ortho intramolecular Hbond substituents is 1. The van der Waals surface area contributed by atoms with Crippen molar-refractivity contribution in [1.82, 2.24) is 35.3 Å². The first-order chi connectivity index (χ1) is 13.7. The van der Waals surface area contributed by atoms with Crippen LogP contribution in [-0.2, 0) is 0 Å². The fraction of sp³-hybridized carbons (Fsp3) is 0.389. The van der Waals surface area contributed by atoms with E-state index in [1.807, 2.05) is 0 Å². The molecule has 144 valence electrons. The Morgan fingerprint density at radius 3 is 2.79 bits per heavy atom. The van der Waals surface area contributed by atoms with Crippen LogP contribution >= 0.6 is 0 Å². The number of nitrogens with one attached hydrogen (secondary N) is 1. The first-order valence-electron chi connectivity index (χ1n) is 9.12. The summed E-state index contributed by atoms with van der Waals surface area (Å²) in [5, 5.41) is 29.1. The van der Waals surface area contributed by atoms with Gasteiger partial charge in [0.05, 0.1) is 17.4 Å². The molecular formula is C18H18FN7O2. The van der Waals surface area contributed by atoms with Gasteiger partial charge in [-0.05, 0) is 25.0 Å². The van der Waals surface area contributed by atoms with Gasteiger partial charge < -0.3 is 15.2 Å². The van der Waals surface area contributed by atoms with Crippen LogP contribution in [0.3, 0.4) is 0 Å². The van der Waals surface area contributed by atoms with E-state index in [1.165, 1.54) is 18.9 Å². The number of aromatic nitrogens is 6. The number of alkyl halides is 1. The molecular weight excluding hydrogens is 365 g/mol. The summed E-state index contributed by atoms with van der Waals surface area (Å²) in [6, 6.07) is 5.17. The molecule has 0 aliphatic carbocycles. The summed E-state index contributed by atoms with van der Waals surface area (Å²) >= 11 is 0. The van der Waals surface area contributed by atoms with E-state index in [1.54, 1.807) is 22.8 Å². The smallest absolute Gasteiger partial charge is 0.252 e. The number of halogens is 1. The number of benzene rings is 1. The number of nitrogens with zero attached hydrogens (tertiary/aromatic N) is 6.